The summed E-state index contributed by atoms with van der Waals surface area (Å²) in [5, 5.41) is 27.6. The number of aromatic nitrogens is 1. The van der Waals surface area contributed by atoms with Crippen molar-refractivity contribution < 1.29 is 15.2 Å². The van der Waals surface area contributed by atoms with Crippen LogP contribution in [0.25, 0.3) is 0 Å². The Labute approximate surface area is 77.0 Å². The van der Waals surface area contributed by atoms with Crippen LogP contribution in [0.4, 0.5) is 0 Å². The maximum atomic E-state index is 9.66. The van der Waals surface area contributed by atoms with E-state index in [9.17, 15) is 5.11 Å². The normalized spacial score (nSPS) is 11.5. The standard InChI is InChI=1S/C8H12BNO3/c1-8(2,11)6-4-3-5-10-7(6)9(12)13/h3-5,11-13H,1-2H3. The molecule has 5 heteroatoms. The van der Waals surface area contributed by atoms with Crippen LogP contribution in [0.15, 0.2) is 18.3 Å². The third-order valence-electron chi connectivity index (χ3n) is 1.74. The number of hydrogen-bond acceptors (Lipinski definition) is 4. The van der Waals surface area contributed by atoms with Gasteiger partial charge in [0.2, 0.25) is 0 Å². The molecule has 1 aromatic heterocycles. The minimum Gasteiger partial charge on any atom is -0.422 e. The summed E-state index contributed by atoms with van der Waals surface area (Å²) in [6.45, 7) is 3.13. The molecule has 1 aromatic rings. The van der Waals surface area contributed by atoms with Gasteiger partial charge in [-0.25, -0.2) is 0 Å². The van der Waals surface area contributed by atoms with Gasteiger partial charge in [0.25, 0.3) is 0 Å². The van der Waals surface area contributed by atoms with Crippen molar-refractivity contribution in [2.24, 2.45) is 0 Å². The van der Waals surface area contributed by atoms with Gasteiger partial charge in [0.15, 0.2) is 0 Å². The Morgan fingerprint density at radius 3 is 2.38 bits per heavy atom. The minimum absolute atomic E-state index is 0.0926. The fourth-order valence-corrected chi connectivity index (χ4v) is 1.14. The second kappa shape index (κ2) is 3.45. The molecule has 3 N–H and O–H groups in total. The van der Waals surface area contributed by atoms with Gasteiger partial charge in [-0.1, -0.05) is 6.07 Å². The van der Waals surface area contributed by atoms with Gasteiger partial charge in [0, 0.05) is 11.8 Å². The summed E-state index contributed by atoms with van der Waals surface area (Å²) in [5.41, 5.74) is -0.604. The number of nitrogens with zero attached hydrogens (tertiary/aromatic N) is 1. The number of aliphatic hydroxyl groups is 1. The Bertz CT molecular complexity index is 296. The van der Waals surface area contributed by atoms with Crippen LogP contribution >= 0.6 is 0 Å². The van der Waals surface area contributed by atoms with Crippen LogP contribution in [-0.4, -0.2) is 27.3 Å². The largest absolute Gasteiger partial charge is 0.508 e. The highest BCUT2D eigenvalue weighted by Crippen LogP contribution is 2.16. The molecule has 0 amide bonds. The molecule has 0 spiro atoms. The van der Waals surface area contributed by atoms with Gasteiger partial charge in [0.1, 0.15) is 0 Å². The van der Waals surface area contributed by atoms with Crippen molar-refractivity contribution in [1.82, 2.24) is 4.98 Å². The van der Waals surface area contributed by atoms with Gasteiger partial charge in [-0.15, -0.1) is 0 Å². The van der Waals surface area contributed by atoms with Crippen LogP contribution < -0.4 is 5.59 Å². The van der Waals surface area contributed by atoms with Crippen molar-refractivity contribution in [1.29, 1.82) is 0 Å². The summed E-state index contributed by atoms with van der Waals surface area (Å²) >= 11 is 0. The number of rotatable bonds is 2. The van der Waals surface area contributed by atoms with Gasteiger partial charge in [-0.2, -0.15) is 0 Å². The van der Waals surface area contributed by atoms with E-state index in [-0.39, 0.29) is 5.59 Å². The van der Waals surface area contributed by atoms with Crippen LogP contribution in [0.1, 0.15) is 19.4 Å². The molecule has 1 rings (SSSR count). The predicted molar refractivity (Wildman–Crippen MR) is 49.3 cm³/mol. The Balaban J connectivity index is 3.20. The quantitative estimate of drug-likeness (QED) is 0.511. The average Bonchev–Trinajstić information content (AvgIpc) is 2.03. The Morgan fingerprint density at radius 2 is 2.00 bits per heavy atom. The van der Waals surface area contributed by atoms with Crippen LogP contribution in [0.2, 0.25) is 0 Å². The summed E-state index contributed by atoms with van der Waals surface area (Å²) in [6, 6.07) is 3.25. The number of pyridine rings is 1. The summed E-state index contributed by atoms with van der Waals surface area (Å²) in [5.74, 6) is 0. The lowest BCUT2D eigenvalue weighted by Gasteiger charge is -2.20. The summed E-state index contributed by atoms with van der Waals surface area (Å²) in [4.78, 5) is 3.78. The molecule has 0 aliphatic heterocycles. The van der Waals surface area contributed by atoms with Crippen molar-refractivity contribution >= 4 is 12.7 Å². The molecule has 0 atom stereocenters. The third kappa shape index (κ3) is 2.27. The maximum Gasteiger partial charge on any atom is 0.508 e. The first-order valence-corrected chi connectivity index (χ1v) is 3.97. The van der Waals surface area contributed by atoms with E-state index in [4.69, 9.17) is 10.0 Å². The monoisotopic (exact) mass is 181 g/mol. The molecule has 0 aliphatic rings. The molecule has 13 heavy (non-hydrogen) atoms. The predicted octanol–water partition coefficient (Wildman–Crippen LogP) is -1.01. The van der Waals surface area contributed by atoms with E-state index >= 15 is 0 Å². The second-order valence-electron chi connectivity index (χ2n) is 3.37. The van der Waals surface area contributed by atoms with Crippen LogP contribution in [0.3, 0.4) is 0 Å². The first kappa shape index (κ1) is 10.2. The molecule has 0 aromatic carbocycles. The third-order valence-corrected chi connectivity index (χ3v) is 1.74. The Hall–Kier alpha value is -0.905. The summed E-state index contributed by atoms with van der Waals surface area (Å²) < 4.78 is 0. The molecule has 0 aliphatic carbocycles. The van der Waals surface area contributed by atoms with Crippen LogP contribution in [-0.2, 0) is 5.60 Å². The van der Waals surface area contributed by atoms with E-state index in [0.717, 1.165) is 0 Å². The van der Waals surface area contributed by atoms with Crippen molar-refractivity contribution in [3.63, 3.8) is 0 Å². The minimum atomic E-state index is -1.65. The van der Waals surface area contributed by atoms with Crippen molar-refractivity contribution in [2.45, 2.75) is 19.4 Å². The lowest BCUT2D eigenvalue weighted by Crippen LogP contribution is -2.40. The molecule has 70 valence electrons. The topological polar surface area (TPSA) is 73.6 Å². The van der Waals surface area contributed by atoms with E-state index in [1.165, 1.54) is 6.20 Å². The highest BCUT2D eigenvalue weighted by molar-refractivity contribution is 6.58. The Morgan fingerprint density at radius 1 is 1.38 bits per heavy atom. The van der Waals surface area contributed by atoms with Gasteiger partial charge in [-0.05, 0) is 19.9 Å². The van der Waals surface area contributed by atoms with E-state index in [2.05, 4.69) is 4.98 Å². The highest BCUT2D eigenvalue weighted by atomic mass is 16.4. The lowest BCUT2D eigenvalue weighted by molar-refractivity contribution is 0.0790. The summed E-state index contributed by atoms with van der Waals surface area (Å²) in [7, 11) is -1.65. The van der Waals surface area contributed by atoms with E-state index in [1.807, 2.05) is 0 Å². The van der Waals surface area contributed by atoms with E-state index < -0.39 is 12.7 Å². The molecule has 0 fully saturated rings. The molecule has 4 nitrogen and oxygen atoms in total. The van der Waals surface area contributed by atoms with Crippen molar-refractivity contribution in [3.05, 3.63) is 23.9 Å². The molecule has 0 bridgehead atoms. The first-order valence-electron chi connectivity index (χ1n) is 3.97. The zero-order valence-electron chi connectivity index (χ0n) is 7.60. The molecule has 0 radical (unpaired) electrons. The van der Waals surface area contributed by atoms with E-state index in [1.54, 1.807) is 26.0 Å². The van der Waals surface area contributed by atoms with Crippen molar-refractivity contribution in [2.75, 3.05) is 0 Å². The fraction of sp³-hybridized carbons (Fsp3) is 0.375. The average molecular weight is 181 g/mol. The van der Waals surface area contributed by atoms with E-state index in [0.29, 0.717) is 5.56 Å². The molecular formula is C8H12BNO3. The molecule has 1 heterocycles. The SMILES string of the molecule is CC(C)(O)c1cccnc1B(O)O. The molecule has 0 saturated carbocycles. The Kier molecular flexibility index (Phi) is 2.70. The lowest BCUT2D eigenvalue weighted by atomic mass is 9.78. The van der Waals surface area contributed by atoms with Gasteiger partial charge >= 0.3 is 7.12 Å². The van der Waals surface area contributed by atoms with Gasteiger partial charge in [0.05, 0.1) is 11.2 Å². The first-order chi connectivity index (χ1) is 5.93. The fourth-order valence-electron chi connectivity index (χ4n) is 1.14. The zero-order valence-corrected chi connectivity index (χ0v) is 7.60. The maximum absolute atomic E-state index is 9.66. The van der Waals surface area contributed by atoms with Crippen LogP contribution in [0, 0.1) is 0 Å². The highest BCUT2D eigenvalue weighted by Gasteiger charge is 2.26. The van der Waals surface area contributed by atoms with Gasteiger partial charge < -0.3 is 15.2 Å². The number of hydrogen-bond donors (Lipinski definition) is 3. The smallest absolute Gasteiger partial charge is 0.422 e. The molecule has 0 saturated heterocycles. The van der Waals surface area contributed by atoms with Crippen LogP contribution in [0.5, 0.6) is 0 Å². The van der Waals surface area contributed by atoms with Gasteiger partial charge in [-0.3, -0.25) is 4.98 Å². The summed E-state index contributed by atoms with van der Waals surface area (Å²) in [6.07, 6.45) is 1.45. The molecule has 0 unspecified atom stereocenters. The van der Waals surface area contributed by atoms with Crippen molar-refractivity contribution in [3.8, 4) is 0 Å². The second-order valence-corrected chi connectivity index (χ2v) is 3.37. The molecular weight excluding hydrogens is 169 g/mol. The zero-order chi connectivity index (χ0) is 10.1.